The number of likely N-dealkylation sites (tertiary alicyclic amines) is 1. The van der Waals surface area contributed by atoms with E-state index in [1.54, 1.807) is 0 Å². The van der Waals surface area contributed by atoms with E-state index in [2.05, 4.69) is 13.8 Å². The smallest absolute Gasteiger partial charge is 0.0788 e. The molecular formula is C27H56N+. The maximum absolute atomic E-state index is 2.31. The first-order valence-electron chi connectivity index (χ1n) is 13.7. The Balaban J connectivity index is 1.96. The Morgan fingerprint density at radius 3 is 1.00 bits per heavy atom. The summed E-state index contributed by atoms with van der Waals surface area (Å²) in [6, 6.07) is 0. The van der Waals surface area contributed by atoms with E-state index in [0.717, 1.165) is 0 Å². The summed E-state index contributed by atoms with van der Waals surface area (Å²) in [5.41, 5.74) is 0. The molecule has 0 radical (unpaired) electrons. The van der Waals surface area contributed by atoms with Crippen LogP contribution in [0.5, 0.6) is 0 Å². The van der Waals surface area contributed by atoms with Gasteiger partial charge < -0.3 is 4.48 Å². The Bertz CT molecular complexity index is 305. The number of hydrogen-bond donors (Lipinski definition) is 0. The van der Waals surface area contributed by atoms with Crippen LogP contribution < -0.4 is 0 Å². The van der Waals surface area contributed by atoms with Gasteiger partial charge in [0.05, 0.1) is 26.2 Å². The van der Waals surface area contributed by atoms with Crippen molar-refractivity contribution in [3.05, 3.63) is 0 Å². The predicted molar refractivity (Wildman–Crippen MR) is 128 cm³/mol. The van der Waals surface area contributed by atoms with Crippen molar-refractivity contribution >= 4 is 0 Å². The highest BCUT2D eigenvalue weighted by Crippen LogP contribution is 2.23. The summed E-state index contributed by atoms with van der Waals surface area (Å²) in [5.74, 6) is 0. The fourth-order valence-corrected chi connectivity index (χ4v) is 5.26. The van der Waals surface area contributed by atoms with Gasteiger partial charge in [-0.05, 0) is 25.7 Å². The van der Waals surface area contributed by atoms with Gasteiger partial charge in [0.25, 0.3) is 0 Å². The zero-order valence-corrected chi connectivity index (χ0v) is 20.1. The third-order valence-electron chi connectivity index (χ3n) is 7.24. The zero-order valence-electron chi connectivity index (χ0n) is 20.1. The van der Waals surface area contributed by atoms with E-state index in [1.807, 2.05) is 0 Å². The second-order valence-electron chi connectivity index (χ2n) is 9.95. The van der Waals surface area contributed by atoms with Crippen LogP contribution in [-0.2, 0) is 0 Å². The molecule has 1 heterocycles. The van der Waals surface area contributed by atoms with E-state index < -0.39 is 0 Å². The highest BCUT2D eigenvalue weighted by atomic mass is 15.4. The molecule has 1 saturated heterocycles. The number of hydrogen-bond acceptors (Lipinski definition) is 0. The summed E-state index contributed by atoms with van der Waals surface area (Å²) in [6.07, 6.45) is 30.9. The molecule has 1 heteroatoms. The van der Waals surface area contributed by atoms with Crippen LogP contribution in [-0.4, -0.2) is 30.7 Å². The van der Waals surface area contributed by atoms with Crippen LogP contribution in [0.15, 0.2) is 0 Å². The fraction of sp³-hybridized carbons (Fsp3) is 1.00. The molecule has 0 atom stereocenters. The molecule has 1 nitrogen and oxygen atoms in total. The molecule has 0 aromatic carbocycles. The normalized spacial score (nSPS) is 16.1. The van der Waals surface area contributed by atoms with Gasteiger partial charge in [-0.1, -0.05) is 110 Å². The monoisotopic (exact) mass is 394 g/mol. The molecule has 0 N–H and O–H groups in total. The minimum atomic E-state index is 1.37. The number of nitrogens with zero attached hydrogens (tertiary/aromatic N) is 1. The zero-order chi connectivity index (χ0) is 20.2. The van der Waals surface area contributed by atoms with Gasteiger partial charge in [-0.15, -0.1) is 0 Å². The minimum absolute atomic E-state index is 1.37. The Kier molecular flexibility index (Phi) is 17.6. The summed E-state index contributed by atoms with van der Waals surface area (Å²) in [7, 11) is 0. The third-order valence-corrected chi connectivity index (χ3v) is 7.24. The van der Waals surface area contributed by atoms with Crippen molar-refractivity contribution in [2.45, 2.75) is 149 Å². The molecule has 0 bridgehead atoms. The summed E-state index contributed by atoms with van der Waals surface area (Å²) in [6.45, 7) is 10.6. The van der Waals surface area contributed by atoms with Crippen molar-refractivity contribution in [3.63, 3.8) is 0 Å². The van der Waals surface area contributed by atoms with Crippen LogP contribution >= 0.6 is 0 Å². The molecule has 1 aliphatic heterocycles. The van der Waals surface area contributed by atoms with Crippen molar-refractivity contribution < 1.29 is 4.48 Å². The molecule has 1 aliphatic rings. The number of unbranched alkanes of at least 4 members (excludes halogenated alkanes) is 17. The van der Waals surface area contributed by atoms with Crippen molar-refractivity contribution in [2.75, 3.05) is 26.2 Å². The van der Waals surface area contributed by atoms with Gasteiger partial charge in [-0.3, -0.25) is 0 Å². The van der Waals surface area contributed by atoms with Crippen LogP contribution in [0, 0.1) is 0 Å². The summed E-state index contributed by atoms with van der Waals surface area (Å²) in [5, 5.41) is 0. The molecule has 0 amide bonds. The molecule has 0 aliphatic carbocycles. The van der Waals surface area contributed by atoms with Gasteiger partial charge in [0.2, 0.25) is 0 Å². The van der Waals surface area contributed by atoms with Gasteiger partial charge >= 0.3 is 0 Å². The topological polar surface area (TPSA) is 0 Å². The van der Waals surface area contributed by atoms with E-state index in [4.69, 9.17) is 0 Å². The number of quaternary nitrogens is 1. The van der Waals surface area contributed by atoms with Gasteiger partial charge in [0.1, 0.15) is 0 Å². The van der Waals surface area contributed by atoms with E-state index in [9.17, 15) is 0 Å². The SMILES string of the molecule is CCCCCCCCCCCCC[N+]1(CCCCCCCCCC)CCCC1. The van der Waals surface area contributed by atoms with Gasteiger partial charge in [-0.2, -0.15) is 0 Å². The van der Waals surface area contributed by atoms with Crippen molar-refractivity contribution in [3.8, 4) is 0 Å². The fourth-order valence-electron chi connectivity index (χ4n) is 5.26. The minimum Gasteiger partial charge on any atom is -0.324 e. The molecule has 0 unspecified atom stereocenters. The van der Waals surface area contributed by atoms with E-state index in [1.165, 1.54) is 165 Å². The second kappa shape index (κ2) is 19.0. The molecular weight excluding hydrogens is 338 g/mol. The first kappa shape index (κ1) is 26.0. The van der Waals surface area contributed by atoms with Crippen LogP contribution in [0.3, 0.4) is 0 Å². The van der Waals surface area contributed by atoms with Gasteiger partial charge in [-0.25, -0.2) is 0 Å². The van der Waals surface area contributed by atoms with Crippen LogP contribution in [0.1, 0.15) is 149 Å². The van der Waals surface area contributed by atoms with E-state index >= 15 is 0 Å². The lowest BCUT2D eigenvalue weighted by Gasteiger charge is -2.34. The highest BCUT2D eigenvalue weighted by Gasteiger charge is 2.30. The molecule has 0 aromatic heterocycles. The van der Waals surface area contributed by atoms with Crippen molar-refractivity contribution in [2.24, 2.45) is 0 Å². The third kappa shape index (κ3) is 14.0. The second-order valence-corrected chi connectivity index (χ2v) is 9.95. The number of rotatable bonds is 21. The molecule has 1 rings (SSSR count). The van der Waals surface area contributed by atoms with E-state index in [0.29, 0.717) is 0 Å². The van der Waals surface area contributed by atoms with E-state index in [-0.39, 0.29) is 0 Å². The molecule has 28 heavy (non-hydrogen) atoms. The first-order chi connectivity index (χ1) is 13.8. The largest absolute Gasteiger partial charge is 0.324 e. The molecule has 0 saturated carbocycles. The summed E-state index contributed by atoms with van der Waals surface area (Å²) < 4.78 is 1.49. The lowest BCUT2D eigenvalue weighted by Crippen LogP contribution is -2.46. The Morgan fingerprint density at radius 1 is 0.393 bits per heavy atom. The molecule has 0 aromatic rings. The quantitative estimate of drug-likeness (QED) is 0.134. The maximum Gasteiger partial charge on any atom is 0.0788 e. The summed E-state index contributed by atoms with van der Waals surface area (Å²) in [4.78, 5) is 0. The van der Waals surface area contributed by atoms with Crippen molar-refractivity contribution in [1.29, 1.82) is 0 Å². The van der Waals surface area contributed by atoms with Crippen LogP contribution in [0.4, 0.5) is 0 Å². The van der Waals surface area contributed by atoms with Gasteiger partial charge in [0.15, 0.2) is 0 Å². The average molecular weight is 395 g/mol. The Labute approximate surface area is 179 Å². The van der Waals surface area contributed by atoms with Gasteiger partial charge in [0, 0.05) is 12.8 Å². The van der Waals surface area contributed by atoms with Crippen molar-refractivity contribution in [1.82, 2.24) is 0 Å². The van der Waals surface area contributed by atoms with Crippen LogP contribution in [0.25, 0.3) is 0 Å². The standard InChI is InChI=1S/C27H56N/c1-3-5-7-9-11-13-14-15-17-19-21-25-28(26-22-23-27-28)24-20-18-16-12-10-8-6-4-2/h3-27H2,1-2H3/q+1. The first-order valence-corrected chi connectivity index (χ1v) is 13.7. The highest BCUT2D eigenvalue weighted by molar-refractivity contribution is 4.57. The molecule has 1 fully saturated rings. The van der Waals surface area contributed by atoms with Crippen LogP contribution in [0.2, 0.25) is 0 Å². The Morgan fingerprint density at radius 2 is 0.679 bits per heavy atom. The predicted octanol–water partition coefficient (Wildman–Crippen LogP) is 9.05. The maximum atomic E-state index is 2.31. The molecule has 0 spiro atoms. The Hall–Kier alpha value is -0.0400. The lowest BCUT2D eigenvalue weighted by atomic mass is 10.1. The average Bonchev–Trinajstić information content (AvgIpc) is 3.17. The lowest BCUT2D eigenvalue weighted by molar-refractivity contribution is -0.917. The summed E-state index contributed by atoms with van der Waals surface area (Å²) >= 11 is 0. The molecule has 168 valence electrons.